The van der Waals surface area contributed by atoms with Crippen LogP contribution in [0.15, 0.2) is 14.4 Å². The maximum absolute atomic E-state index is 10.4. The van der Waals surface area contributed by atoms with Gasteiger partial charge in [0.05, 0.1) is 6.61 Å². The number of aromatic amines is 3. The molecule has 0 bridgehead atoms. The van der Waals surface area contributed by atoms with E-state index in [2.05, 4.69) is 4.74 Å². The van der Waals surface area contributed by atoms with Gasteiger partial charge < -0.3 is 4.74 Å². The standard InChI is InChI=1S/C6H12O2.C3H3N3O3/c1-3-5-6(7)8-4-2;7-1-4-2(8)6-3(9)5-1/h3-5H2,1-2H3;(H3,4,5,6,7,8,9). The summed E-state index contributed by atoms with van der Waals surface area (Å²) in [6, 6.07) is 0. The van der Waals surface area contributed by atoms with E-state index >= 15 is 0 Å². The van der Waals surface area contributed by atoms with Crippen LogP contribution in [-0.4, -0.2) is 27.5 Å². The largest absolute Gasteiger partial charge is 0.466 e. The number of rotatable bonds is 3. The van der Waals surface area contributed by atoms with Gasteiger partial charge in [0.25, 0.3) is 0 Å². The minimum Gasteiger partial charge on any atom is -0.466 e. The van der Waals surface area contributed by atoms with Crippen LogP contribution in [0, 0.1) is 0 Å². The van der Waals surface area contributed by atoms with Crippen molar-refractivity contribution in [3.8, 4) is 0 Å². The number of H-pyrrole nitrogens is 3. The number of hydrogen-bond acceptors (Lipinski definition) is 5. The zero-order chi connectivity index (χ0) is 13.3. The molecule has 17 heavy (non-hydrogen) atoms. The van der Waals surface area contributed by atoms with E-state index in [1.807, 2.05) is 13.8 Å². The summed E-state index contributed by atoms with van der Waals surface area (Å²) in [5, 5.41) is 0. The molecule has 1 aromatic heterocycles. The Morgan fingerprint density at radius 2 is 1.41 bits per heavy atom. The molecule has 0 aliphatic heterocycles. The Morgan fingerprint density at radius 3 is 1.71 bits per heavy atom. The highest BCUT2D eigenvalue weighted by Gasteiger charge is 1.95. The Kier molecular flexibility index (Phi) is 7.07. The molecule has 0 atom stereocenters. The van der Waals surface area contributed by atoms with Crippen LogP contribution < -0.4 is 17.1 Å². The smallest absolute Gasteiger partial charge is 0.330 e. The topological polar surface area (TPSA) is 125 Å². The lowest BCUT2D eigenvalue weighted by Crippen LogP contribution is -2.34. The summed E-state index contributed by atoms with van der Waals surface area (Å²) in [7, 11) is 0. The first-order valence-electron chi connectivity index (χ1n) is 5.08. The lowest BCUT2D eigenvalue weighted by molar-refractivity contribution is -0.143. The van der Waals surface area contributed by atoms with Gasteiger partial charge in [-0.25, -0.2) is 14.4 Å². The third-order valence-electron chi connectivity index (χ3n) is 1.44. The first kappa shape index (κ1) is 14.9. The highest BCUT2D eigenvalue weighted by Crippen LogP contribution is 1.89. The average molecular weight is 245 g/mol. The number of ether oxygens (including phenoxy) is 1. The van der Waals surface area contributed by atoms with E-state index in [0.29, 0.717) is 13.0 Å². The molecular weight excluding hydrogens is 230 g/mol. The summed E-state index contributed by atoms with van der Waals surface area (Å²) in [5.74, 6) is -0.0880. The summed E-state index contributed by atoms with van der Waals surface area (Å²) in [6.07, 6.45) is 1.42. The first-order chi connectivity index (χ1) is 7.99. The molecule has 0 saturated carbocycles. The lowest BCUT2D eigenvalue weighted by atomic mass is 10.3. The van der Waals surface area contributed by atoms with Crippen LogP contribution in [0.4, 0.5) is 0 Å². The van der Waals surface area contributed by atoms with Crippen LogP contribution >= 0.6 is 0 Å². The number of carbonyl (C=O) groups is 1. The highest BCUT2D eigenvalue weighted by molar-refractivity contribution is 5.69. The number of esters is 1. The third kappa shape index (κ3) is 7.77. The van der Waals surface area contributed by atoms with Crippen LogP contribution in [-0.2, 0) is 9.53 Å². The van der Waals surface area contributed by atoms with Gasteiger partial charge in [-0.1, -0.05) is 6.92 Å². The van der Waals surface area contributed by atoms with Gasteiger partial charge >= 0.3 is 23.0 Å². The molecule has 0 aromatic carbocycles. The molecular formula is C9H15N3O5. The third-order valence-corrected chi connectivity index (χ3v) is 1.44. The van der Waals surface area contributed by atoms with Crippen molar-refractivity contribution in [3.05, 3.63) is 31.5 Å². The van der Waals surface area contributed by atoms with Crippen molar-refractivity contribution in [1.29, 1.82) is 0 Å². The fraction of sp³-hybridized carbons (Fsp3) is 0.556. The molecule has 1 aromatic rings. The van der Waals surface area contributed by atoms with E-state index in [1.54, 1.807) is 15.0 Å². The fourth-order valence-corrected chi connectivity index (χ4v) is 0.840. The number of hydrogen-bond donors (Lipinski definition) is 3. The molecule has 0 spiro atoms. The van der Waals surface area contributed by atoms with Gasteiger partial charge in [0, 0.05) is 6.42 Å². The minimum absolute atomic E-state index is 0.0880. The Morgan fingerprint density at radius 1 is 1.00 bits per heavy atom. The van der Waals surface area contributed by atoms with Gasteiger partial charge in [-0.15, -0.1) is 0 Å². The Bertz CT molecular complexity index is 412. The lowest BCUT2D eigenvalue weighted by Gasteiger charge is -1.96. The Balaban J connectivity index is 0.000000304. The molecule has 0 fully saturated rings. The molecule has 3 N–H and O–H groups in total. The summed E-state index contributed by atoms with van der Waals surface area (Å²) in [4.78, 5) is 46.3. The highest BCUT2D eigenvalue weighted by atomic mass is 16.5. The zero-order valence-electron chi connectivity index (χ0n) is 9.66. The number of nitrogens with one attached hydrogen (secondary N) is 3. The zero-order valence-corrected chi connectivity index (χ0v) is 9.66. The van der Waals surface area contributed by atoms with Crippen LogP contribution in [0.25, 0.3) is 0 Å². The predicted molar refractivity (Wildman–Crippen MR) is 59.8 cm³/mol. The second-order valence-corrected chi connectivity index (χ2v) is 2.92. The molecule has 0 saturated heterocycles. The van der Waals surface area contributed by atoms with Crippen molar-refractivity contribution < 1.29 is 9.53 Å². The van der Waals surface area contributed by atoms with E-state index < -0.39 is 17.1 Å². The van der Waals surface area contributed by atoms with E-state index in [9.17, 15) is 19.2 Å². The van der Waals surface area contributed by atoms with E-state index in [-0.39, 0.29) is 5.97 Å². The van der Waals surface area contributed by atoms with Crippen molar-refractivity contribution in [2.24, 2.45) is 0 Å². The van der Waals surface area contributed by atoms with Crippen molar-refractivity contribution in [2.45, 2.75) is 26.7 Å². The van der Waals surface area contributed by atoms with Gasteiger partial charge in [-0.05, 0) is 13.3 Å². The average Bonchev–Trinajstić information content (AvgIpc) is 2.16. The van der Waals surface area contributed by atoms with Crippen LogP contribution in [0.3, 0.4) is 0 Å². The van der Waals surface area contributed by atoms with Gasteiger partial charge in [-0.3, -0.25) is 19.7 Å². The summed E-state index contributed by atoms with van der Waals surface area (Å²) in [6.45, 7) is 4.27. The second kappa shape index (κ2) is 8.08. The molecule has 8 heteroatoms. The predicted octanol–water partition coefficient (Wildman–Crippen LogP) is -0.899. The molecule has 0 radical (unpaired) electrons. The van der Waals surface area contributed by atoms with E-state index in [1.165, 1.54) is 0 Å². The summed E-state index contributed by atoms with van der Waals surface area (Å²) in [5.41, 5.74) is -2.41. The normalized spacial score (nSPS) is 9.06. The SMILES string of the molecule is CCCC(=O)OCC.O=c1[nH]c(=O)[nH]c(=O)[nH]1. The minimum atomic E-state index is -0.802. The summed E-state index contributed by atoms with van der Waals surface area (Å²) >= 11 is 0. The number of carbonyl (C=O) groups excluding carboxylic acids is 1. The maximum Gasteiger partial charge on any atom is 0.330 e. The Labute approximate surface area is 96.0 Å². The van der Waals surface area contributed by atoms with Crippen molar-refractivity contribution >= 4 is 5.97 Å². The number of aromatic nitrogens is 3. The van der Waals surface area contributed by atoms with Crippen molar-refractivity contribution in [1.82, 2.24) is 15.0 Å². The first-order valence-corrected chi connectivity index (χ1v) is 5.08. The second-order valence-electron chi connectivity index (χ2n) is 2.92. The molecule has 1 heterocycles. The van der Waals surface area contributed by atoms with Crippen LogP contribution in [0.1, 0.15) is 26.7 Å². The molecule has 0 unspecified atom stereocenters. The fourth-order valence-electron chi connectivity index (χ4n) is 0.840. The van der Waals surface area contributed by atoms with Crippen LogP contribution in [0.2, 0.25) is 0 Å². The molecule has 1 rings (SSSR count). The van der Waals surface area contributed by atoms with Crippen LogP contribution in [0.5, 0.6) is 0 Å². The van der Waals surface area contributed by atoms with E-state index in [0.717, 1.165) is 6.42 Å². The van der Waals surface area contributed by atoms with E-state index in [4.69, 9.17) is 0 Å². The maximum atomic E-state index is 10.4. The van der Waals surface area contributed by atoms with Gasteiger partial charge in [0.1, 0.15) is 0 Å². The molecule has 8 nitrogen and oxygen atoms in total. The quantitative estimate of drug-likeness (QED) is 0.595. The molecule has 96 valence electrons. The van der Waals surface area contributed by atoms with Gasteiger partial charge in [0.2, 0.25) is 0 Å². The summed E-state index contributed by atoms with van der Waals surface area (Å²) < 4.78 is 4.64. The Hall–Kier alpha value is -2.12. The molecule has 0 amide bonds. The molecule has 0 aliphatic rings. The van der Waals surface area contributed by atoms with Gasteiger partial charge in [0.15, 0.2) is 0 Å². The monoisotopic (exact) mass is 245 g/mol. The van der Waals surface area contributed by atoms with Crippen molar-refractivity contribution in [2.75, 3.05) is 6.61 Å². The van der Waals surface area contributed by atoms with Crippen molar-refractivity contribution in [3.63, 3.8) is 0 Å². The van der Waals surface area contributed by atoms with Gasteiger partial charge in [-0.2, -0.15) is 0 Å². The molecule has 0 aliphatic carbocycles.